The van der Waals surface area contributed by atoms with E-state index in [2.05, 4.69) is 4.72 Å². The van der Waals surface area contributed by atoms with Crippen molar-refractivity contribution in [2.45, 2.75) is 18.6 Å². The van der Waals surface area contributed by atoms with Crippen LogP contribution in [-0.2, 0) is 25.8 Å². The van der Waals surface area contributed by atoms with Crippen molar-refractivity contribution in [3.05, 3.63) is 35.4 Å². The van der Waals surface area contributed by atoms with Crippen molar-refractivity contribution < 1.29 is 25.6 Å². The third-order valence-corrected chi connectivity index (χ3v) is 6.59. The molecule has 1 aromatic carbocycles. The van der Waals surface area contributed by atoms with Gasteiger partial charge in [-0.1, -0.05) is 0 Å². The van der Waals surface area contributed by atoms with Gasteiger partial charge in [0.25, 0.3) is 0 Å². The third kappa shape index (κ3) is 5.47. The van der Waals surface area contributed by atoms with Crippen molar-refractivity contribution in [3.63, 3.8) is 0 Å². The zero-order chi connectivity index (χ0) is 18.0. The smallest absolute Gasteiger partial charge is 0.215 e. The maximum Gasteiger partial charge on any atom is 0.215 e. The molecule has 0 radical (unpaired) electrons. The first-order valence-electron chi connectivity index (χ1n) is 7.43. The van der Waals surface area contributed by atoms with Gasteiger partial charge in [-0.25, -0.2) is 34.6 Å². The van der Waals surface area contributed by atoms with E-state index in [1.807, 2.05) is 0 Å². The topological polar surface area (TPSA) is 83.6 Å². The van der Waals surface area contributed by atoms with E-state index < -0.39 is 37.4 Å². The monoisotopic (exact) mass is 382 g/mol. The first kappa shape index (κ1) is 19.2. The van der Waals surface area contributed by atoms with Gasteiger partial charge in [0, 0.05) is 25.2 Å². The summed E-state index contributed by atoms with van der Waals surface area (Å²) in [5.41, 5.74) is -0.227. The number of sulfonamides is 2. The van der Waals surface area contributed by atoms with Gasteiger partial charge in [0.05, 0.1) is 12.0 Å². The van der Waals surface area contributed by atoms with Crippen molar-refractivity contribution >= 4 is 20.0 Å². The zero-order valence-corrected chi connectivity index (χ0v) is 14.8. The molecule has 0 atom stereocenters. The molecule has 24 heavy (non-hydrogen) atoms. The average molecular weight is 382 g/mol. The maximum absolute atomic E-state index is 13.5. The summed E-state index contributed by atoms with van der Waals surface area (Å²) in [4.78, 5) is 0. The number of rotatable bonds is 6. The predicted octanol–water partition coefficient (Wildman–Crippen LogP) is 1.06. The van der Waals surface area contributed by atoms with Crippen molar-refractivity contribution in [2.24, 2.45) is 5.92 Å². The SMILES string of the molecule is CS(=O)(=O)N1CCC(CNS(=O)(=O)Cc2cc(F)ccc2F)CC1. The molecule has 136 valence electrons. The Labute approximate surface area is 141 Å². The van der Waals surface area contributed by atoms with Crippen LogP contribution in [-0.4, -0.2) is 47.0 Å². The number of piperidine rings is 1. The first-order chi connectivity index (χ1) is 11.1. The van der Waals surface area contributed by atoms with Gasteiger partial charge in [-0.3, -0.25) is 0 Å². The summed E-state index contributed by atoms with van der Waals surface area (Å²) in [6.07, 6.45) is 2.23. The number of hydrogen-bond acceptors (Lipinski definition) is 4. The Hall–Kier alpha value is -1.10. The Kier molecular flexibility index (Phi) is 5.95. The van der Waals surface area contributed by atoms with E-state index in [0.29, 0.717) is 25.9 Å². The lowest BCUT2D eigenvalue weighted by Gasteiger charge is -2.30. The van der Waals surface area contributed by atoms with Gasteiger partial charge in [-0.2, -0.15) is 0 Å². The number of nitrogens with zero attached hydrogens (tertiary/aromatic N) is 1. The van der Waals surface area contributed by atoms with Crippen molar-refractivity contribution in [3.8, 4) is 0 Å². The molecule has 1 aromatic rings. The molecule has 0 spiro atoms. The minimum atomic E-state index is -3.80. The molecule has 1 fully saturated rings. The Morgan fingerprint density at radius 2 is 1.79 bits per heavy atom. The molecule has 2 rings (SSSR count). The minimum absolute atomic E-state index is 0.00938. The first-order valence-corrected chi connectivity index (χ1v) is 10.9. The Balaban J connectivity index is 1.89. The van der Waals surface area contributed by atoms with E-state index in [9.17, 15) is 25.6 Å². The van der Waals surface area contributed by atoms with E-state index in [-0.39, 0.29) is 18.0 Å². The Morgan fingerprint density at radius 3 is 2.38 bits per heavy atom. The zero-order valence-electron chi connectivity index (χ0n) is 13.2. The predicted molar refractivity (Wildman–Crippen MR) is 86.1 cm³/mol. The molecule has 0 aromatic heterocycles. The highest BCUT2D eigenvalue weighted by atomic mass is 32.2. The summed E-state index contributed by atoms with van der Waals surface area (Å²) in [6, 6.07) is 2.68. The van der Waals surface area contributed by atoms with Crippen LogP contribution in [0.5, 0.6) is 0 Å². The van der Waals surface area contributed by atoms with E-state index in [0.717, 1.165) is 24.5 Å². The van der Waals surface area contributed by atoms with Crippen LogP contribution in [0.1, 0.15) is 18.4 Å². The fraction of sp³-hybridized carbons (Fsp3) is 0.571. The lowest BCUT2D eigenvalue weighted by atomic mass is 9.99. The molecular weight excluding hydrogens is 362 g/mol. The van der Waals surface area contributed by atoms with E-state index in [1.165, 1.54) is 4.31 Å². The fourth-order valence-electron chi connectivity index (χ4n) is 2.60. The van der Waals surface area contributed by atoms with Gasteiger partial charge in [0.15, 0.2) is 0 Å². The van der Waals surface area contributed by atoms with Crippen LogP contribution in [0.25, 0.3) is 0 Å². The second-order valence-corrected chi connectivity index (χ2v) is 9.74. The molecule has 1 aliphatic rings. The van der Waals surface area contributed by atoms with Crippen molar-refractivity contribution in [2.75, 3.05) is 25.9 Å². The number of hydrogen-bond donors (Lipinski definition) is 1. The molecular formula is C14H20F2N2O4S2. The van der Waals surface area contributed by atoms with Crippen LogP contribution < -0.4 is 4.72 Å². The molecule has 10 heteroatoms. The van der Waals surface area contributed by atoms with Gasteiger partial charge >= 0.3 is 0 Å². The molecule has 1 saturated heterocycles. The van der Waals surface area contributed by atoms with Gasteiger partial charge in [0.2, 0.25) is 20.0 Å². The summed E-state index contributed by atoms with van der Waals surface area (Å²) in [7, 11) is -7.03. The van der Waals surface area contributed by atoms with Crippen LogP contribution in [0.4, 0.5) is 8.78 Å². The molecule has 1 heterocycles. The summed E-state index contributed by atoms with van der Waals surface area (Å²) in [5.74, 6) is -2.10. The molecule has 0 aliphatic carbocycles. The second-order valence-electron chi connectivity index (χ2n) is 5.95. The third-order valence-electron chi connectivity index (χ3n) is 3.99. The van der Waals surface area contributed by atoms with Gasteiger partial charge in [-0.05, 0) is 37.0 Å². The van der Waals surface area contributed by atoms with Crippen LogP contribution in [0, 0.1) is 17.6 Å². The number of halogens is 2. The van der Waals surface area contributed by atoms with Crippen LogP contribution in [0.15, 0.2) is 18.2 Å². The summed E-state index contributed by atoms with van der Waals surface area (Å²) >= 11 is 0. The molecule has 0 bridgehead atoms. The molecule has 0 amide bonds. The summed E-state index contributed by atoms with van der Waals surface area (Å²) in [6.45, 7) is 0.852. The highest BCUT2D eigenvalue weighted by molar-refractivity contribution is 7.88. The fourth-order valence-corrected chi connectivity index (χ4v) is 4.70. The van der Waals surface area contributed by atoms with Crippen molar-refractivity contribution in [1.82, 2.24) is 9.03 Å². The van der Waals surface area contributed by atoms with Crippen LogP contribution in [0.3, 0.4) is 0 Å². The highest BCUT2D eigenvalue weighted by Crippen LogP contribution is 2.19. The standard InChI is InChI=1S/C14H20F2N2O4S2/c1-23(19,20)18-6-4-11(5-7-18)9-17-24(21,22)10-12-8-13(15)2-3-14(12)16/h2-3,8,11,17H,4-7,9-10H2,1H3. The van der Waals surface area contributed by atoms with Gasteiger partial charge in [0.1, 0.15) is 11.6 Å². The average Bonchev–Trinajstić information content (AvgIpc) is 2.48. The lowest BCUT2D eigenvalue weighted by Crippen LogP contribution is -2.41. The van der Waals surface area contributed by atoms with E-state index in [1.54, 1.807) is 0 Å². The molecule has 1 N–H and O–H groups in total. The quantitative estimate of drug-likeness (QED) is 0.797. The molecule has 0 saturated carbocycles. The Morgan fingerprint density at radius 1 is 1.17 bits per heavy atom. The van der Waals surface area contributed by atoms with E-state index in [4.69, 9.17) is 0 Å². The Bertz CT molecular complexity index is 789. The molecule has 0 unspecified atom stereocenters. The number of benzene rings is 1. The largest absolute Gasteiger partial charge is 0.215 e. The van der Waals surface area contributed by atoms with E-state index >= 15 is 0 Å². The van der Waals surface area contributed by atoms with Gasteiger partial charge in [-0.15, -0.1) is 0 Å². The summed E-state index contributed by atoms with van der Waals surface area (Å²) in [5, 5.41) is 0. The maximum atomic E-state index is 13.5. The normalized spacial score (nSPS) is 18.0. The summed E-state index contributed by atoms with van der Waals surface area (Å²) < 4.78 is 77.3. The van der Waals surface area contributed by atoms with Crippen LogP contribution in [0.2, 0.25) is 0 Å². The number of nitrogens with one attached hydrogen (secondary N) is 1. The van der Waals surface area contributed by atoms with Gasteiger partial charge < -0.3 is 0 Å². The minimum Gasteiger partial charge on any atom is -0.215 e. The second kappa shape index (κ2) is 7.42. The van der Waals surface area contributed by atoms with Crippen molar-refractivity contribution in [1.29, 1.82) is 0 Å². The molecule has 1 aliphatic heterocycles. The lowest BCUT2D eigenvalue weighted by molar-refractivity contribution is 0.275. The van der Waals surface area contributed by atoms with Crippen LogP contribution >= 0.6 is 0 Å². The molecule has 6 nitrogen and oxygen atoms in total. The highest BCUT2D eigenvalue weighted by Gasteiger charge is 2.26.